The Balaban J connectivity index is 1.68. The molecule has 192 valence electrons. The summed E-state index contributed by atoms with van der Waals surface area (Å²) in [4.78, 5) is 41.1. The molecular weight excluding hydrogens is 501 g/mol. The number of hydrogen-bond acceptors (Lipinski definition) is 4. The summed E-state index contributed by atoms with van der Waals surface area (Å²) in [6.07, 6.45) is -4.90. The predicted molar refractivity (Wildman–Crippen MR) is 132 cm³/mol. The third-order valence-corrected chi connectivity index (χ3v) is 6.18. The molecule has 2 amide bonds. The molecule has 0 aromatic heterocycles. The quantitative estimate of drug-likeness (QED) is 0.368. The molecule has 2 N–H and O–H groups in total. The molecule has 4 aromatic carbocycles. The second kappa shape index (κ2) is 9.55. The van der Waals surface area contributed by atoms with Crippen LogP contribution in [0.3, 0.4) is 0 Å². The van der Waals surface area contributed by atoms with Gasteiger partial charge in [0.05, 0.1) is 11.3 Å². The van der Waals surface area contributed by atoms with Crippen LogP contribution in [-0.4, -0.2) is 29.3 Å². The number of anilines is 1. The van der Waals surface area contributed by atoms with Gasteiger partial charge in [-0.25, -0.2) is 4.79 Å². The average molecular weight is 520 g/mol. The molecule has 0 spiro atoms. The highest BCUT2D eigenvalue weighted by molar-refractivity contribution is 6.15. The number of aliphatic carboxylic acids is 1. The lowest BCUT2D eigenvalue weighted by Gasteiger charge is -2.31. The van der Waals surface area contributed by atoms with E-state index in [9.17, 15) is 32.7 Å². The van der Waals surface area contributed by atoms with Gasteiger partial charge in [-0.1, -0.05) is 66.7 Å². The summed E-state index contributed by atoms with van der Waals surface area (Å²) in [7, 11) is 0. The van der Waals surface area contributed by atoms with E-state index < -0.39 is 42.0 Å². The minimum atomic E-state index is -4.90. The van der Waals surface area contributed by atoms with Crippen LogP contribution in [0.25, 0.3) is 10.8 Å². The summed E-state index contributed by atoms with van der Waals surface area (Å²) in [5.74, 6) is -3.24. The molecule has 0 saturated carbocycles. The lowest BCUT2D eigenvalue weighted by atomic mass is 9.99. The number of fused-ring (bicyclic) bond motifs is 2. The van der Waals surface area contributed by atoms with Gasteiger partial charge in [0.15, 0.2) is 6.04 Å². The molecule has 2 atom stereocenters. The van der Waals surface area contributed by atoms with Crippen molar-refractivity contribution >= 4 is 34.2 Å². The van der Waals surface area contributed by atoms with Crippen molar-refractivity contribution in [2.45, 2.75) is 18.4 Å². The number of benzene rings is 4. The van der Waals surface area contributed by atoms with Crippen LogP contribution in [0.5, 0.6) is 5.75 Å². The van der Waals surface area contributed by atoms with Crippen molar-refractivity contribution in [3.8, 4) is 5.75 Å². The monoisotopic (exact) mass is 520 g/mol. The second-order valence-corrected chi connectivity index (χ2v) is 8.60. The molecule has 5 rings (SSSR count). The van der Waals surface area contributed by atoms with E-state index in [1.54, 1.807) is 66.7 Å². The molecule has 0 aliphatic carbocycles. The number of nitrogens with zero attached hydrogens (tertiary/aromatic N) is 1. The van der Waals surface area contributed by atoms with Gasteiger partial charge in [0.2, 0.25) is 0 Å². The summed E-state index contributed by atoms with van der Waals surface area (Å²) >= 11 is 0. The number of amides is 2. The topological polar surface area (TPSA) is 95.9 Å². The summed E-state index contributed by atoms with van der Waals surface area (Å²) in [6, 6.07) is 20.0. The standard InChI is InChI=1S/C28H19F3N2O5/c29-28(30,31)38-20-12-10-16(11-13-20)23-26(35)33(24(27(36)37)17-6-2-1-3-7-17)22-15-19-9-5-4-8-18(19)14-21(22)25(34)32-23/h1-15,23-24H,(H,32,34)(H,36,37). The number of ether oxygens (including phenoxy) is 1. The highest BCUT2D eigenvalue weighted by atomic mass is 19.4. The van der Waals surface area contributed by atoms with Crippen molar-refractivity contribution in [2.75, 3.05) is 4.90 Å². The predicted octanol–water partition coefficient (Wildman–Crippen LogP) is 5.38. The maximum absolute atomic E-state index is 14.1. The Kier molecular flexibility index (Phi) is 6.23. The molecule has 0 bridgehead atoms. The summed E-state index contributed by atoms with van der Waals surface area (Å²) in [5.41, 5.74) is 0.632. The number of carbonyl (C=O) groups is 3. The van der Waals surface area contributed by atoms with E-state index in [1.165, 1.54) is 12.1 Å². The zero-order valence-corrected chi connectivity index (χ0v) is 19.5. The van der Waals surface area contributed by atoms with Gasteiger partial charge >= 0.3 is 12.3 Å². The van der Waals surface area contributed by atoms with Crippen molar-refractivity contribution in [1.29, 1.82) is 0 Å². The normalized spacial score (nSPS) is 16.4. The van der Waals surface area contributed by atoms with Gasteiger partial charge in [-0.2, -0.15) is 0 Å². The highest BCUT2D eigenvalue weighted by Crippen LogP contribution is 2.38. The summed E-state index contributed by atoms with van der Waals surface area (Å²) in [5, 5.41) is 14.3. The Labute approximate surface area is 214 Å². The molecule has 0 fully saturated rings. The van der Waals surface area contributed by atoms with E-state index in [0.717, 1.165) is 17.0 Å². The van der Waals surface area contributed by atoms with Crippen LogP contribution in [0.2, 0.25) is 0 Å². The van der Waals surface area contributed by atoms with E-state index in [1.807, 2.05) is 0 Å². The van der Waals surface area contributed by atoms with Gasteiger partial charge in [-0.3, -0.25) is 14.5 Å². The van der Waals surface area contributed by atoms with E-state index in [4.69, 9.17) is 0 Å². The fraction of sp³-hybridized carbons (Fsp3) is 0.107. The molecule has 2 unspecified atom stereocenters. The van der Waals surface area contributed by atoms with Crippen LogP contribution in [0.15, 0.2) is 91.0 Å². The van der Waals surface area contributed by atoms with Gasteiger partial charge in [-0.15, -0.1) is 13.2 Å². The van der Waals surface area contributed by atoms with Crippen molar-refractivity contribution < 1.29 is 37.4 Å². The molecule has 0 saturated heterocycles. The number of alkyl halides is 3. The van der Waals surface area contributed by atoms with Crippen LogP contribution in [0, 0.1) is 0 Å². The van der Waals surface area contributed by atoms with E-state index in [0.29, 0.717) is 16.3 Å². The zero-order valence-electron chi connectivity index (χ0n) is 19.5. The number of rotatable bonds is 5. The fourth-order valence-electron chi connectivity index (χ4n) is 4.53. The van der Waals surface area contributed by atoms with Crippen LogP contribution in [0.4, 0.5) is 18.9 Å². The number of carboxylic acids is 1. The lowest BCUT2D eigenvalue weighted by Crippen LogP contribution is -2.44. The molecule has 4 aromatic rings. The third kappa shape index (κ3) is 4.75. The number of nitrogens with one attached hydrogen (secondary N) is 1. The molecule has 10 heteroatoms. The van der Waals surface area contributed by atoms with Gasteiger partial charge in [0.1, 0.15) is 11.8 Å². The number of carboxylic acid groups (broad SMARTS) is 1. The van der Waals surface area contributed by atoms with Gasteiger partial charge in [0.25, 0.3) is 11.8 Å². The number of carbonyl (C=O) groups excluding carboxylic acids is 2. The zero-order chi connectivity index (χ0) is 27.0. The number of hydrogen-bond donors (Lipinski definition) is 2. The molecule has 38 heavy (non-hydrogen) atoms. The SMILES string of the molecule is O=C1NC(c2ccc(OC(F)(F)F)cc2)C(=O)N(C(C(=O)O)c2ccccc2)c2cc3ccccc3cc21. The van der Waals surface area contributed by atoms with E-state index in [-0.39, 0.29) is 16.8 Å². The maximum atomic E-state index is 14.1. The summed E-state index contributed by atoms with van der Waals surface area (Å²) < 4.78 is 41.7. The van der Waals surface area contributed by atoms with Crippen LogP contribution in [-0.2, 0) is 9.59 Å². The molecule has 1 aliphatic rings. The Morgan fingerprint density at radius 3 is 2.11 bits per heavy atom. The molecule has 7 nitrogen and oxygen atoms in total. The molecular formula is C28H19F3N2O5. The average Bonchev–Trinajstić information content (AvgIpc) is 2.98. The summed E-state index contributed by atoms with van der Waals surface area (Å²) in [6.45, 7) is 0. The van der Waals surface area contributed by atoms with Crippen LogP contribution in [0.1, 0.15) is 33.6 Å². The fourth-order valence-corrected chi connectivity index (χ4v) is 4.53. The number of halogens is 3. The van der Waals surface area contributed by atoms with Gasteiger partial charge < -0.3 is 15.2 Å². The minimum Gasteiger partial charge on any atom is -0.479 e. The van der Waals surface area contributed by atoms with Crippen molar-refractivity contribution in [2.24, 2.45) is 0 Å². The Morgan fingerprint density at radius 2 is 1.50 bits per heavy atom. The van der Waals surface area contributed by atoms with Crippen molar-refractivity contribution in [3.05, 3.63) is 108 Å². The highest BCUT2D eigenvalue weighted by Gasteiger charge is 2.42. The molecule has 0 radical (unpaired) electrons. The Bertz CT molecular complexity index is 1540. The van der Waals surface area contributed by atoms with E-state index >= 15 is 0 Å². The Hall–Kier alpha value is -4.86. The first kappa shape index (κ1) is 24.8. The van der Waals surface area contributed by atoms with E-state index in [2.05, 4.69) is 10.1 Å². The smallest absolute Gasteiger partial charge is 0.479 e. The molecule has 1 aliphatic heterocycles. The third-order valence-electron chi connectivity index (χ3n) is 6.18. The largest absolute Gasteiger partial charge is 0.573 e. The van der Waals surface area contributed by atoms with Gasteiger partial charge in [-0.05, 0) is 46.2 Å². The van der Waals surface area contributed by atoms with Crippen LogP contribution >= 0.6 is 0 Å². The lowest BCUT2D eigenvalue weighted by molar-refractivity contribution is -0.274. The first-order valence-corrected chi connectivity index (χ1v) is 11.4. The van der Waals surface area contributed by atoms with Crippen molar-refractivity contribution in [1.82, 2.24) is 5.32 Å². The van der Waals surface area contributed by atoms with Gasteiger partial charge in [0, 0.05) is 0 Å². The maximum Gasteiger partial charge on any atom is 0.573 e. The van der Waals surface area contributed by atoms with Crippen LogP contribution < -0.4 is 15.0 Å². The minimum absolute atomic E-state index is 0.0822. The second-order valence-electron chi connectivity index (χ2n) is 8.60. The first-order valence-electron chi connectivity index (χ1n) is 11.4. The first-order chi connectivity index (χ1) is 18.1. The van der Waals surface area contributed by atoms with Crippen molar-refractivity contribution in [3.63, 3.8) is 0 Å². The Morgan fingerprint density at radius 1 is 0.895 bits per heavy atom. The molecule has 1 heterocycles.